The number of rotatable bonds is 10. The molecule has 2 heterocycles. The fraction of sp³-hybridized carbons (Fsp3) is 0.560. The van der Waals surface area contributed by atoms with E-state index >= 15 is 0 Å². The number of hydrogen-bond acceptors (Lipinski definition) is 9. The zero-order chi connectivity index (χ0) is 26.1. The maximum atomic E-state index is 12.5. The molecule has 2 saturated carbocycles. The van der Waals surface area contributed by atoms with Crippen molar-refractivity contribution >= 4 is 34.7 Å². The SMILES string of the molecule is CCCSc1nc(N(C)C2CC2c2ccccc2)c2nnn([C@H]3C[C@@H](C(=O)NCCF)[C@H](O)[C@@H]3O)c2n1. The second kappa shape index (κ2) is 10.9. The Labute approximate surface area is 218 Å². The van der Waals surface area contributed by atoms with Crippen molar-refractivity contribution < 1.29 is 19.4 Å². The quantitative estimate of drug-likeness (QED) is 0.267. The lowest BCUT2D eigenvalue weighted by atomic mass is 10.0. The van der Waals surface area contributed by atoms with Crippen molar-refractivity contribution in [3.05, 3.63) is 35.9 Å². The molecule has 2 aliphatic rings. The molecule has 5 rings (SSSR count). The van der Waals surface area contributed by atoms with E-state index in [2.05, 4.69) is 39.6 Å². The number of thioether (sulfide) groups is 1. The number of hydrogen-bond donors (Lipinski definition) is 3. The summed E-state index contributed by atoms with van der Waals surface area (Å²) in [4.78, 5) is 24.1. The summed E-state index contributed by atoms with van der Waals surface area (Å²) in [6.07, 6.45) is -0.471. The van der Waals surface area contributed by atoms with E-state index < -0.39 is 36.7 Å². The number of aliphatic hydroxyl groups excluding tert-OH is 2. The molecule has 3 N–H and O–H groups in total. The van der Waals surface area contributed by atoms with Gasteiger partial charge in [0.15, 0.2) is 22.1 Å². The first-order valence-corrected chi connectivity index (χ1v) is 13.7. The first-order chi connectivity index (χ1) is 17.9. The molecule has 3 aromatic rings. The molecule has 6 atom stereocenters. The van der Waals surface area contributed by atoms with Crippen LogP contribution in [0.5, 0.6) is 0 Å². The Kier molecular flexibility index (Phi) is 7.59. The number of aromatic nitrogens is 5. The molecule has 1 aromatic carbocycles. The molecule has 2 aliphatic carbocycles. The summed E-state index contributed by atoms with van der Waals surface area (Å²) in [6, 6.07) is 9.93. The van der Waals surface area contributed by atoms with E-state index in [-0.39, 0.29) is 19.0 Å². The molecule has 37 heavy (non-hydrogen) atoms. The maximum absolute atomic E-state index is 12.5. The van der Waals surface area contributed by atoms with Crippen LogP contribution in [0.15, 0.2) is 35.5 Å². The lowest BCUT2D eigenvalue weighted by molar-refractivity contribution is -0.128. The van der Waals surface area contributed by atoms with Crippen LogP contribution in [-0.2, 0) is 4.79 Å². The van der Waals surface area contributed by atoms with Gasteiger partial charge in [0, 0.05) is 31.3 Å². The summed E-state index contributed by atoms with van der Waals surface area (Å²) in [5, 5.41) is 33.2. The lowest BCUT2D eigenvalue weighted by Crippen LogP contribution is -2.38. The predicted molar refractivity (Wildman–Crippen MR) is 138 cm³/mol. The molecule has 2 unspecified atom stereocenters. The second-order valence-electron chi connectivity index (χ2n) is 9.69. The number of fused-ring (bicyclic) bond motifs is 1. The summed E-state index contributed by atoms with van der Waals surface area (Å²) in [5.74, 6) is 0.526. The second-order valence-corrected chi connectivity index (χ2v) is 10.7. The van der Waals surface area contributed by atoms with Gasteiger partial charge < -0.3 is 20.4 Å². The van der Waals surface area contributed by atoms with Crippen molar-refractivity contribution in [2.24, 2.45) is 5.92 Å². The van der Waals surface area contributed by atoms with Crippen molar-refractivity contribution in [2.75, 3.05) is 30.9 Å². The number of halogens is 1. The van der Waals surface area contributed by atoms with Crippen LogP contribution in [0.4, 0.5) is 10.2 Å². The Hall–Kier alpha value is -2.83. The highest BCUT2D eigenvalue weighted by molar-refractivity contribution is 7.99. The van der Waals surface area contributed by atoms with Gasteiger partial charge in [-0.2, -0.15) is 0 Å². The van der Waals surface area contributed by atoms with Gasteiger partial charge in [0.2, 0.25) is 5.91 Å². The van der Waals surface area contributed by atoms with E-state index in [0.717, 1.165) is 18.6 Å². The fourth-order valence-electron chi connectivity index (χ4n) is 5.16. The minimum Gasteiger partial charge on any atom is -0.390 e. The lowest BCUT2D eigenvalue weighted by Gasteiger charge is -2.20. The number of likely N-dealkylation sites (N-methyl/N-ethyl adjacent to an activating group) is 1. The Morgan fingerprint density at radius 1 is 1.22 bits per heavy atom. The minimum absolute atomic E-state index is 0.129. The Bertz CT molecular complexity index is 1250. The highest BCUT2D eigenvalue weighted by Gasteiger charge is 2.47. The van der Waals surface area contributed by atoms with Crippen molar-refractivity contribution in [2.45, 2.75) is 61.6 Å². The van der Waals surface area contributed by atoms with Gasteiger partial charge in [-0.3, -0.25) is 4.79 Å². The van der Waals surface area contributed by atoms with Crippen LogP contribution in [0.25, 0.3) is 11.2 Å². The van der Waals surface area contributed by atoms with Crippen molar-refractivity contribution in [3.8, 4) is 0 Å². The monoisotopic (exact) mass is 529 g/mol. The molecule has 0 radical (unpaired) electrons. The molecule has 12 heteroatoms. The number of alkyl halides is 1. The van der Waals surface area contributed by atoms with E-state index in [1.165, 1.54) is 22.0 Å². The van der Waals surface area contributed by atoms with Crippen molar-refractivity contribution in [1.29, 1.82) is 0 Å². The summed E-state index contributed by atoms with van der Waals surface area (Å²) < 4.78 is 14.0. The Morgan fingerprint density at radius 2 is 2.00 bits per heavy atom. The largest absolute Gasteiger partial charge is 0.390 e. The highest BCUT2D eigenvalue weighted by atomic mass is 32.2. The van der Waals surface area contributed by atoms with Gasteiger partial charge in [0.05, 0.1) is 18.1 Å². The van der Waals surface area contributed by atoms with Crippen LogP contribution in [0.3, 0.4) is 0 Å². The number of anilines is 1. The molecule has 198 valence electrons. The average molecular weight is 530 g/mol. The van der Waals surface area contributed by atoms with Gasteiger partial charge in [-0.25, -0.2) is 19.0 Å². The van der Waals surface area contributed by atoms with Gasteiger partial charge in [0.25, 0.3) is 0 Å². The smallest absolute Gasteiger partial charge is 0.226 e. The van der Waals surface area contributed by atoms with E-state index in [4.69, 9.17) is 9.97 Å². The number of amides is 1. The molecular formula is C25H32FN7O3S. The molecule has 1 amide bonds. The van der Waals surface area contributed by atoms with Gasteiger partial charge in [-0.05, 0) is 24.8 Å². The number of carbonyl (C=O) groups excluding carboxylic acids is 1. The molecular weight excluding hydrogens is 497 g/mol. The Balaban J connectivity index is 1.47. The third-order valence-corrected chi connectivity index (χ3v) is 8.29. The molecule has 0 aliphatic heterocycles. The normalized spacial score (nSPS) is 26.9. The first kappa shape index (κ1) is 25.8. The van der Waals surface area contributed by atoms with Crippen LogP contribution < -0.4 is 10.2 Å². The van der Waals surface area contributed by atoms with E-state index in [0.29, 0.717) is 28.1 Å². The van der Waals surface area contributed by atoms with Gasteiger partial charge in [-0.1, -0.05) is 54.2 Å². The predicted octanol–water partition coefficient (Wildman–Crippen LogP) is 2.08. The van der Waals surface area contributed by atoms with Crippen LogP contribution in [-0.4, -0.2) is 85.4 Å². The molecule has 0 saturated heterocycles. The maximum Gasteiger partial charge on any atom is 0.226 e. The number of benzene rings is 1. The summed E-state index contributed by atoms with van der Waals surface area (Å²) in [5.41, 5.74) is 2.25. The fourth-order valence-corrected chi connectivity index (χ4v) is 5.85. The first-order valence-electron chi connectivity index (χ1n) is 12.7. The van der Waals surface area contributed by atoms with Crippen LogP contribution >= 0.6 is 11.8 Å². The number of nitrogens with zero attached hydrogens (tertiary/aromatic N) is 6. The zero-order valence-electron chi connectivity index (χ0n) is 20.9. The van der Waals surface area contributed by atoms with Crippen LogP contribution in [0.1, 0.15) is 43.7 Å². The average Bonchev–Trinajstić information content (AvgIpc) is 3.53. The van der Waals surface area contributed by atoms with E-state index in [1.54, 1.807) is 0 Å². The number of aliphatic hydroxyl groups is 2. The standard InChI is InChI=1S/C25H32FN7O3S/c1-3-11-37-25-28-22(32(2)17-12-15(17)14-7-5-4-6-8-14)19-23(29-25)33(31-30-19)18-13-16(20(34)21(18)35)24(36)27-10-9-26/h4-8,15-18,20-21,34-35H,3,9-13H2,1-2H3,(H,27,36)/t15?,16-,17?,18+,20+,21-/m1/s1. The number of nitrogens with one attached hydrogen (secondary N) is 1. The topological polar surface area (TPSA) is 129 Å². The summed E-state index contributed by atoms with van der Waals surface area (Å²) in [6.45, 7) is 1.25. The van der Waals surface area contributed by atoms with Crippen molar-refractivity contribution in [3.63, 3.8) is 0 Å². The van der Waals surface area contributed by atoms with Crippen LogP contribution in [0, 0.1) is 5.92 Å². The van der Waals surface area contributed by atoms with E-state index in [9.17, 15) is 19.4 Å². The zero-order valence-corrected chi connectivity index (χ0v) is 21.7. The Morgan fingerprint density at radius 3 is 2.73 bits per heavy atom. The molecule has 2 fully saturated rings. The summed E-state index contributed by atoms with van der Waals surface area (Å²) >= 11 is 1.54. The number of carbonyl (C=O) groups is 1. The third-order valence-electron chi connectivity index (χ3n) is 7.23. The van der Waals surface area contributed by atoms with E-state index in [1.807, 2.05) is 25.2 Å². The highest BCUT2D eigenvalue weighted by Crippen LogP contribution is 2.46. The molecule has 0 spiro atoms. The molecule has 2 aromatic heterocycles. The van der Waals surface area contributed by atoms with Crippen LogP contribution in [0.2, 0.25) is 0 Å². The minimum atomic E-state index is -1.31. The van der Waals surface area contributed by atoms with Gasteiger partial charge >= 0.3 is 0 Å². The van der Waals surface area contributed by atoms with Gasteiger partial charge in [-0.15, -0.1) is 5.10 Å². The van der Waals surface area contributed by atoms with Gasteiger partial charge in [0.1, 0.15) is 12.8 Å². The molecule has 0 bridgehead atoms. The third kappa shape index (κ3) is 5.01. The van der Waals surface area contributed by atoms with Crippen molar-refractivity contribution in [1.82, 2.24) is 30.3 Å². The summed E-state index contributed by atoms with van der Waals surface area (Å²) in [7, 11) is 2.00. The molecule has 10 nitrogen and oxygen atoms in total.